The molecule has 1 atom stereocenters. The first-order valence-electron chi connectivity index (χ1n) is 7.33. The molecule has 1 aromatic rings. The highest BCUT2D eigenvalue weighted by Gasteiger charge is 2.23. The van der Waals surface area contributed by atoms with Crippen LogP contribution in [0.2, 0.25) is 0 Å². The van der Waals surface area contributed by atoms with Gasteiger partial charge in [-0.05, 0) is 44.4 Å². The fourth-order valence-electron chi connectivity index (χ4n) is 2.88. The SMILES string of the molecule is Cc1cccc(C)c1C(=O)N(CCO)CC1CCCN1. The number of aryl methyl sites for hydroxylation is 2. The van der Waals surface area contributed by atoms with Crippen molar-refractivity contribution in [3.05, 3.63) is 34.9 Å². The van der Waals surface area contributed by atoms with Crippen LogP contribution in [0.15, 0.2) is 18.2 Å². The first kappa shape index (κ1) is 15.0. The number of nitrogens with one attached hydrogen (secondary N) is 1. The summed E-state index contributed by atoms with van der Waals surface area (Å²) in [5.41, 5.74) is 2.77. The Morgan fingerprint density at radius 3 is 2.65 bits per heavy atom. The monoisotopic (exact) mass is 276 g/mol. The zero-order chi connectivity index (χ0) is 14.5. The van der Waals surface area contributed by atoms with Crippen molar-refractivity contribution in [2.24, 2.45) is 0 Å². The van der Waals surface area contributed by atoms with Gasteiger partial charge in [-0.15, -0.1) is 0 Å². The first-order valence-corrected chi connectivity index (χ1v) is 7.33. The highest BCUT2D eigenvalue weighted by molar-refractivity contribution is 5.97. The number of carbonyl (C=O) groups excluding carboxylic acids is 1. The van der Waals surface area contributed by atoms with E-state index in [1.807, 2.05) is 32.0 Å². The van der Waals surface area contributed by atoms with Gasteiger partial charge in [0.25, 0.3) is 5.91 Å². The summed E-state index contributed by atoms with van der Waals surface area (Å²) in [5.74, 6) is 0.0309. The predicted octanol–water partition coefficient (Wildman–Crippen LogP) is 1.49. The summed E-state index contributed by atoms with van der Waals surface area (Å²) in [6.45, 7) is 6.02. The van der Waals surface area contributed by atoms with Crippen LogP contribution in [0.25, 0.3) is 0 Å². The van der Waals surface area contributed by atoms with E-state index in [1.54, 1.807) is 4.90 Å². The molecule has 0 spiro atoms. The first-order chi connectivity index (χ1) is 9.63. The lowest BCUT2D eigenvalue weighted by Gasteiger charge is -2.26. The second-order valence-electron chi connectivity index (χ2n) is 5.53. The van der Waals surface area contributed by atoms with Crippen LogP contribution in [0.4, 0.5) is 0 Å². The van der Waals surface area contributed by atoms with Crippen molar-refractivity contribution in [1.82, 2.24) is 10.2 Å². The molecule has 1 saturated heterocycles. The average molecular weight is 276 g/mol. The lowest BCUT2D eigenvalue weighted by atomic mass is 10.0. The molecule has 0 aliphatic carbocycles. The third-order valence-corrected chi connectivity index (χ3v) is 3.96. The largest absolute Gasteiger partial charge is 0.395 e. The molecule has 2 N–H and O–H groups in total. The zero-order valence-electron chi connectivity index (χ0n) is 12.4. The van der Waals surface area contributed by atoms with Gasteiger partial charge in [-0.3, -0.25) is 4.79 Å². The van der Waals surface area contributed by atoms with Gasteiger partial charge in [0, 0.05) is 24.7 Å². The maximum absolute atomic E-state index is 12.8. The third kappa shape index (κ3) is 3.38. The Hall–Kier alpha value is -1.39. The van der Waals surface area contributed by atoms with Crippen LogP contribution in [0, 0.1) is 13.8 Å². The maximum atomic E-state index is 12.8. The number of aliphatic hydroxyl groups excluding tert-OH is 1. The van der Waals surface area contributed by atoms with Crippen molar-refractivity contribution in [2.75, 3.05) is 26.2 Å². The Labute approximate surface area is 120 Å². The molecule has 20 heavy (non-hydrogen) atoms. The van der Waals surface area contributed by atoms with Crippen LogP contribution >= 0.6 is 0 Å². The average Bonchev–Trinajstić information content (AvgIpc) is 2.91. The van der Waals surface area contributed by atoms with Crippen LogP contribution in [0.5, 0.6) is 0 Å². The number of nitrogens with zero attached hydrogens (tertiary/aromatic N) is 1. The number of hydrogen-bond acceptors (Lipinski definition) is 3. The van der Waals surface area contributed by atoms with Crippen LogP contribution in [0.3, 0.4) is 0 Å². The summed E-state index contributed by atoms with van der Waals surface area (Å²) in [6.07, 6.45) is 2.26. The molecule has 0 bridgehead atoms. The molecule has 1 aliphatic rings. The molecule has 1 fully saturated rings. The molecule has 4 heteroatoms. The summed E-state index contributed by atoms with van der Waals surface area (Å²) in [7, 11) is 0. The van der Waals surface area contributed by atoms with E-state index in [9.17, 15) is 9.90 Å². The van der Waals surface area contributed by atoms with Crippen molar-refractivity contribution in [3.8, 4) is 0 Å². The van der Waals surface area contributed by atoms with Gasteiger partial charge in [0.05, 0.1) is 6.61 Å². The van der Waals surface area contributed by atoms with Crippen LogP contribution < -0.4 is 5.32 Å². The molecule has 0 aromatic heterocycles. The summed E-state index contributed by atoms with van der Waals surface area (Å²) in [5, 5.41) is 12.6. The molecule has 1 amide bonds. The van der Waals surface area contributed by atoms with E-state index in [2.05, 4.69) is 5.32 Å². The molecule has 110 valence electrons. The Morgan fingerprint density at radius 1 is 1.40 bits per heavy atom. The molecular weight excluding hydrogens is 252 g/mol. The second-order valence-corrected chi connectivity index (χ2v) is 5.53. The molecule has 1 aromatic carbocycles. The van der Waals surface area contributed by atoms with E-state index >= 15 is 0 Å². The number of hydrogen-bond donors (Lipinski definition) is 2. The van der Waals surface area contributed by atoms with E-state index in [0.717, 1.165) is 36.1 Å². The topological polar surface area (TPSA) is 52.6 Å². The van der Waals surface area contributed by atoms with E-state index in [0.29, 0.717) is 19.1 Å². The lowest BCUT2D eigenvalue weighted by Crippen LogP contribution is -2.43. The van der Waals surface area contributed by atoms with Crippen molar-refractivity contribution < 1.29 is 9.90 Å². The van der Waals surface area contributed by atoms with Crippen LogP contribution in [-0.2, 0) is 0 Å². The van der Waals surface area contributed by atoms with Crippen molar-refractivity contribution in [1.29, 1.82) is 0 Å². The minimum absolute atomic E-state index is 0.00336. The van der Waals surface area contributed by atoms with E-state index in [1.165, 1.54) is 0 Å². The van der Waals surface area contributed by atoms with Gasteiger partial charge in [-0.2, -0.15) is 0 Å². The van der Waals surface area contributed by atoms with E-state index in [-0.39, 0.29) is 12.5 Å². The maximum Gasteiger partial charge on any atom is 0.254 e. The number of benzene rings is 1. The highest BCUT2D eigenvalue weighted by atomic mass is 16.3. The fraction of sp³-hybridized carbons (Fsp3) is 0.562. The van der Waals surface area contributed by atoms with Crippen molar-refractivity contribution in [2.45, 2.75) is 32.7 Å². The summed E-state index contributed by atoms with van der Waals surface area (Å²) < 4.78 is 0. The Kier molecular flexibility index (Phi) is 5.15. The van der Waals surface area contributed by atoms with Crippen LogP contribution in [0.1, 0.15) is 34.3 Å². The Bertz CT molecular complexity index is 447. The zero-order valence-corrected chi connectivity index (χ0v) is 12.4. The van der Waals surface area contributed by atoms with Crippen LogP contribution in [-0.4, -0.2) is 48.2 Å². The Morgan fingerprint density at radius 2 is 2.10 bits per heavy atom. The molecule has 1 heterocycles. The third-order valence-electron chi connectivity index (χ3n) is 3.96. The molecule has 1 aliphatic heterocycles. The molecule has 4 nitrogen and oxygen atoms in total. The fourth-order valence-corrected chi connectivity index (χ4v) is 2.88. The predicted molar refractivity (Wildman–Crippen MR) is 79.9 cm³/mol. The highest BCUT2D eigenvalue weighted by Crippen LogP contribution is 2.17. The quantitative estimate of drug-likeness (QED) is 0.856. The van der Waals surface area contributed by atoms with Gasteiger partial charge in [0.15, 0.2) is 0 Å². The number of carbonyl (C=O) groups is 1. The second kappa shape index (κ2) is 6.86. The van der Waals surface area contributed by atoms with Gasteiger partial charge in [0.1, 0.15) is 0 Å². The van der Waals surface area contributed by atoms with Gasteiger partial charge in [0.2, 0.25) is 0 Å². The normalized spacial score (nSPS) is 18.2. The Balaban J connectivity index is 2.17. The molecule has 0 radical (unpaired) electrons. The number of aliphatic hydroxyl groups is 1. The van der Waals surface area contributed by atoms with Gasteiger partial charge < -0.3 is 15.3 Å². The minimum atomic E-state index is 0.00336. The van der Waals surface area contributed by atoms with Crippen molar-refractivity contribution >= 4 is 5.91 Å². The van der Waals surface area contributed by atoms with E-state index in [4.69, 9.17) is 0 Å². The molecular formula is C16H24N2O2. The molecule has 0 saturated carbocycles. The summed E-state index contributed by atoms with van der Waals surface area (Å²) in [6, 6.07) is 6.25. The smallest absolute Gasteiger partial charge is 0.254 e. The van der Waals surface area contributed by atoms with Crippen molar-refractivity contribution in [3.63, 3.8) is 0 Å². The van der Waals surface area contributed by atoms with Gasteiger partial charge >= 0.3 is 0 Å². The standard InChI is InChI=1S/C16H24N2O2/c1-12-5-3-6-13(2)15(12)16(20)18(9-10-19)11-14-7-4-8-17-14/h3,5-6,14,17,19H,4,7-11H2,1-2H3. The van der Waals surface area contributed by atoms with Gasteiger partial charge in [-0.25, -0.2) is 0 Å². The van der Waals surface area contributed by atoms with E-state index < -0.39 is 0 Å². The molecule has 2 rings (SSSR count). The van der Waals surface area contributed by atoms with Gasteiger partial charge in [-0.1, -0.05) is 18.2 Å². The minimum Gasteiger partial charge on any atom is -0.395 e. The number of rotatable bonds is 5. The summed E-state index contributed by atoms with van der Waals surface area (Å²) in [4.78, 5) is 14.5. The summed E-state index contributed by atoms with van der Waals surface area (Å²) >= 11 is 0. The number of amides is 1. The molecule has 1 unspecified atom stereocenters. The lowest BCUT2D eigenvalue weighted by molar-refractivity contribution is 0.0705.